The van der Waals surface area contributed by atoms with Crippen LogP contribution >= 0.6 is 0 Å². The number of benzene rings is 1. The number of aromatic nitrogens is 6. The molecule has 2 aromatic heterocycles. The van der Waals surface area contributed by atoms with E-state index >= 15 is 0 Å². The summed E-state index contributed by atoms with van der Waals surface area (Å²) in [4.78, 5) is 11.0. The molecule has 0 aliphatic rings. The Hall–Kier alpha value is -2.77. The van der Waals surface area contributed by atoms with Gasteiger partial charge in [0, 0.05) is 0 Å². The summed E-state index contributed by atoms with van der Waals surface area (Å²) in [5.74, 6) is -1.05. The molecule has 2 N–H and O–H groups in total. The largest absolute Gasteiger partial charge is 0.476 e. The van der Waals surface area contributed by atoms with Crippen LogP contribution in [0.15, 0.2) is 18.2 Å². The smallest absolute Gasteiger partial charge is 0.360 e. The van der Waals surface area contributed by atoms with Crippen molar-refractivity contribution in [3.05, 3.63) is 29.5 Å². The van der Waals surface area contributed by atoms with Crippen LogP contribution in [0.4, 0.5) is 0 Å². The molecule has 0 bridgehead atoms. The molecule has 8 heteroatoms. The van der Waals surface area contributed by atoms with Crippen molar-refractivity contribution < 1.29 is 9.90 Å². The molecule has 0 saturated heterocycles. The molecule has 0 atom stereocenters. The first kappa shape index (κ1) is 10.4. The Balaban J connectivity index is 2.26. The molecule has 3 rings (SSSR count). The maximum atomic E-state index is 11.0. The third-order valence-corrected chi connectivity index (χ3v) is 2.53. The third-order valence-electron chi connectivity index (χ3n) is 2.53. The van der Waals surface area contributed by atoms with Crippen LogP contribution in [0, 0.1) is 6.92 Å². The van der Waals surface area contributed by atoms with Crippen LogP contribution in [0.5, 0.6) is 0 Å². The van der Waals surface area contributed by atoms with E-state index in [0.29, 0.717) is 11.0 Å². The van der Waals surface area contributed by atoms with Gasteiger partial charge in [-0.25, -0.2) is 4.79 Å². The fraction of sp³-hybridized carbons (Fsp3) is 0.100. The highest BCUT2D eigenvalue weighted by Crippen LogP contribution is 2.17. The zero-order chi connectivity index (χ0) is 12.7. The number of carboxylic acids is 1. The zero-order valence-electron chi connectivity index (χ0n) is 9.32. The van der Waals surface area contributed by atoms with Gasteiger partial charge in [-0.3, -0.25) is 0 Å². The van der Waals surface area contributed by atoms with E-state index in [9.17, 15) is 4.79 Å². The molecule has 18 heavy (non-hydrogen) atoms. The Morgan fingerprint density at radius 2 is 2.22 bits per heavy atom. The molecule has 2 heterocycles. The van der Waals surface area contributed by atoms with E-state index in [1.54, 1.807) is 0 Å². The van der Waals surface area contributed by atoms with E-state index < -0.39 is 5.97 Å². The Morgan fingerprint density at radius 3 is 3.00 bits per heavy atom. The molecule has 0 amide bonds. The molecular weight excluding hydrogens is 236 g/mol. The average molecular weight is 244 g/mol. The number of carbonyl (C=O) groups is 1. The number of nitrogens with one attached hydrogen (secondary N) is 1. The number of hydrogen-bond acceptors (Lipinski definition) is 5. The van der Waals surface area contributed by atoms with Crippen molar-refractivity contribution in [2.24, 2.45) is 0 Å². The van der Waals surface area contributed by atoms with E-state index in [1.807, 2.05) is 25.1 Å². The Kier molecular flexibility index (Phi) is 2.09. The molecule has 0 saturated carbocycles. The number of aromatic carboxylic acids is 1. The van der Waals surface area contributed by atoms with Gasteiger partial charge in [-0.2, -0.15) is 9.90 Å². The maximum absolute atomic E-state index is 11.0. The number of aryl methyl sites for hydroxylation is 1. The Morgan fingerprint density at radius 1 is 1.39 bits per heavy atom. The highest BCUT2D eigenvalue weighted by molar-refractivity contribution is 5.89. The second-order valence-corrected chi connectivity index (χ2v) is 3.79. The van der Waals surface area contributed by atoms with E-state index in [2.05, 4.69) is 25.7 Å². The van der Waals surface area contributed by atoms with Gasteiger partial charge >= 0.3 is 5.97 Å². The topological polar surface area (TPSA) is 110 Å². The SMILES string of the molecule is Cc1ccc2c(c1)nnn2-c1n[nH]nc1C(=O)O. The average Bonchev–Trinajstić information content (AvgIpc) is 2.92. The van der Waals surface area contributed by atoms with Crippen molar-refractivity contribution in [1.29, 1.82) is 0 Å². The summed E-state index contributed by atoms with van der Waals surface area (Å²) in [6.07, 6.45) is 0. The normalized spacial score (nSPS) is 10.9. The minimum absolute atomic E-state index is 0.119. The number of fused-ring (bicyclic) bond motifs is 1. The first-order valence-corrected chi connectivity index (χ1v) is 5.13. The molecule has 90 valence electrons. The highest BCUT2D eigenvalue weighted by atomic mass is 16.4. The molecule has 0 radical (unpaired) electrons. The van der Waals surface area contributed by atoms with Crippen LogP contribution in [0.2, 0.25) is 0 Å². The van der Waals surface area contributed by atoms with Crippen LogP contribution in [0.1, 0.15) is 16.1 Å². The molecule has 0 spiro atoms. The molecule has 0 unspecified atom stereocenters. The molecule has 0 aliphatic heterocycles. The van der Waals surface area contributed by atoms with Gasteiger partial charge in [0.1, 0.15) is 5.52 Å². The fourth-order valence-corrected chi connectivity index (χ4v) is 1.71. The standard InChI is InChI=1S/C10H8N6O2/c1-5-2-3-7-6(4-5)11-15-16(7)9-8(10(17)18)12-14-13-9/h2-4H,1H3,(H,17,18)(H,12,13,14). The van der Waals surface area contributed by atoms with Gasteiger partial charge in [-0.05, 0) is 24.6 Å². The summed E-state index contributed by atoms with van der Waals surface area (Å²) in [5.41, 5.74) is 2.21. The summed E-state index contributed by atoms with van der Waals surface area (Å²) in [6, 6.07) is 5.56. The minimum Gasteiger partial charge on any atom is -0.476 e. The van der Waals surface area contributed by atoms with Crippen molar-refractivity contribution in [1.82, 2.24) is 30.4 Å². The van der Waals surface area contributed by atoms with Gasteiger partial charge in [0.05, 0.1) is 5.52 Å². The predicted molar refractivity (Wildman–Crippen MR) is 60.5 cm³/mol. The number of rotatable bonds is 2. The number of nitrogens with zero attached hydrogens (tertiary/aromatic N) is 5. The Bertz CT molecular complexity index is 744. The summed E-state index contributed by atoms with van der Waals surface area (Å²) >= 11 is 0. The van der Waals surface area contributed by atoms with E-state index in [4.69, 9.17) is 5.11 Å². The Labute approximate surface area is 100 Å². The van der Waals surface area contributed by atoms with E-state index in [-0.39, 0.29) is 11.5 Å². The monoisotopic (exact) mass is 244 g/mol. The van der Waals surface area contributed by atoms with Crippen LogP contribution in [0.25, 0.3) is 16.9 Å². The maximum Gasteiger partial charge on any atom is 0.360 e. The van der Waals surface area contributed by atoms with Crippen LogP contribution in [-0.2, 0) is 0 Å². The van der Waals surface area contributed by atoms with Crippen LogP contribution in [-0.4, -0.2) is 41.5 Å². The van der Waals surface area contributed by atoms with Crippen LogP contribution < -0.4 is 0 Å². The lowest BCUT2D eigenvalue weighted by Gasteiger charge is -1.98. The quantitative estimate of drug-likeness (QED) is 0.681. The molecule has 0 aliphatic carbocycles. The summed E-state index contributed by atoms with van der Waals surface area (Å²) < 4.78 is 1.35. The van der Waals surface area contributed by atoms with Gasteiger partial charge < -0.3 is 5.11 Å². The second kappa shape index (κ2) is 3.62. The van der Waals surface area contributed by atoms with Crippen molar-refractivity contribution in [2.45, 2.75) is 6.92 Å². The molecule has 8 nitrogen and oxygen atoms in total. The van der Waals surface area contributed by atoms with Crippen molar-refractivity contribution in [3.8, 4) is 5.82 Å². The van der Waals surface area contributed by atoms with Gasteiger partial charge in [-0.1, -0.05) is 11.3 Å². The number of carboxylic acid groups (broad SMARTS) is 1. The molecule has 0 fully saturated rings. The van der Waals surface area contributed by atoms with E-state index in [1.165, 1.54) is 4.68 Å². The minimum atomic E-state index is -1.17. The summed E-state index contributed by atoms with van der Waals surface area (Å²) in [5, 5.41) is 26.5. The van der Waals surface area contributed by atoms with Crippen molar-refractivity contribution in [2.75, 3.05) is 0 Å². The van der Waals surface area contributed by atoms with Gasteiger partial charge in [0.2, 0.25) is 11.5 Å². The van der Waals surface area contributed by atoms with Crippen LogP contribution in [0.3, 0.4) is 0 Å². The second-order valence-electron chi connectivity index (χ2n) is 3.79. The van der Waals surface area contributed by atoms with Gasteiger partial charge in [0.15, 0.2) is 0 Å². The number of hydrogen-bond donors (Lipinski definition) is 2. The fourth-order valence-electron chi connectivity index (χ4n) is 1.71. The zero-order valence-corrected chi connectivity index (χ0v) is 9.32. The predicted octanol–water partition coefficient (Wildman–Crippen LogP) is 0.545. The highest BCUT2D eigenvalue weighted by Gasteiger charge is 2.19. The lowest BCUT2D eigenvalue weighted by atomic mass is 10.2. The molecule has 3 aromatic rings. The lowest BCUT2D eigenvalue weighted by Crippen LogP contribution is -2.06. The molecular formula is C10H8N6O2. The molecule has 1 aromatic carbocycles. The number of H-pyrrole nitrogens is 1. The van der Waals surface area contributed by atoms with Gasteiger partial charge in [-0.15, -0.1) is 15.3 Å². The first-order valence-electron chi connectivity index (χ1n) is 5.13. The third kappa shape index (κ3) is 1.43. The summed E-state index contributed by atoms with van der Waals surface area (Å²) in [7, 11) is 0. The summed E-state index contributed by atoms with van der Waals surface area (Å²) in [6.45, 7) is 1.94. The first-order chi connectivity index (χ1) is 8.66. The number of aromatic amines is 1. The van der Waals surface area contributed by atoms with Gasteiger partial charge in [0.25, 0.3) is 0 Å². The lowest BCUT2D eigenvalue weighted by molar-refractivity contribution is 0.0690. The van der Waals surface area contributed by atoms with Crippen molar-refractivity contribution >= 4 is 17.0 Å². The van der Waals surface area contributed by atoms with Crippen molar-refractivity contribution in [3.63, 3.8) is 0 Å². The van der Waals surface area contributed by atoms with E-state index in [0.717, 1.165) is 5.56 Å².